The topological polar surface area (TPSA) is 163 Å². The number of imide groups is 1. The number of hydrogen-bond acceptors (Lipinski definition) is 10. The minimum absolute atomic E-state index is 0.0989. The molecule has 2 aromatic heterocycles. The number of thiophene rings is 1. The van der Waals surface area contributed by atoms with E-state index in [1.165, 1.54) is 17.4 Å². The van der Waals surface area contributed by atoms with Crippen molar-refractivity contribution >= 4 is 56.6 Å². The van der Waals surface area contributed by atoms with Gasteiger partial charge in [0.25, 0.3) is 11.5 Å². The number of rotatable bonds is 12. The fraction of sp³-hybridized carbons (Fsp3) is 0.244. The molecule has 1 unspecified atom stereocenters. The Hall–Kier alpha value is -6.64. The molecule has 4 amide bonds. The second-order valence-electron chi connectivity index (χ2n) is 15.1. The Kier molecular flexibility index (Phi) is 10.0. The lowest BCUT2D eigenvalue weighted by molar-refractivity contribution is -0.137. The van der Waals surface area contributed by atoms with Crippen molar-refractivity contribution < 1.29 is 29.0 Å². The van der Waals surface area contributed by atoms with Crippen LogP contribution in [0, 0.1) is 0 Å². The quantitative estimate of drug-likeness (QED) is 0.0855. The Morgan fingerprint density at radius 2 is 1.81 bits per heavy atom. The first kappa shape index (κ1) is 37.9. The lowest BCUT2D eigenvalue weighted by Gasteiger charge is -2.39. The Balaban J connectivity index is 0.866. The van der Waals surface area contributed by atoms with E-state index in [-0.39, 0.29) is 48.0 Å². The van der Waals surface area contributed by atoms with Gasteiger partial charge in [0.2, 0.25) is 17.7 Å². The molecule has 1 atom stereocenters. The maximum Gasteiger partial charge on any atom is 0.261 e. The summed E-state index contributed by atoms with van der Waals surface area (Å²) < 4.78 is 7.83. The first-order valence-electron chi connectivity index (χ1n) is 19.5. The van der Waals surface area contributed by atoms with Gasteiger partial charge in [0, 0.05) is 61.5 Å². The number of carbonyl (C=O) groups excluding carboxylic acids is 4. The number of aromatic hydroxyl groups is 1. The van der Waals surface area contributed by atoms with Crippen molar-refractivity contribution in [3.63, 3.8) is 0 Å². The number of nitrogens with zero attached hydrogens (tertiary/aromatic N) is 4. The molecule has 298 valence electrons. The highest BCUT2D eigenvalue weighted by molar-refractivity contribution is 7.10. The normalized spacial score (nSPS) is 16.7. The van der Waals surface area contributed by atoms with Crippen LogP contribution in [0.3, 0.4) is 0 Å². The zero-order valence-electron chi connectivity index (χ0n) is 32.0. The van der Waals surface area contributed by atoms with E-state index in [2.05, 4.69) is 17.2 Å². The highest BCUT2D eigenvalue weighted by atomic mass is 32.1. The van der Waals surface area contributed by atoms with Crippen LogP contribution < -0.4 is 20.9 Å². The monoisotopic (exact) mass is 808 g/mol. The maximum atomic E-state index is 14.3. The van der Waals surface area contributed by atoms with Gasteiger partial charge < -0.3 is 25.0 Å². The number of benzene rings is 4. The molecule has 59 heavy (non-hydrogen) atoms. The Morgan fingerprint density at radius 1 is 1.00 bits per heavy atom. The number of aromatic nitrogens is 2. The zero-order chi connectivity index (χ0) is 40.8. The van der Waals surface area contributed by atoms with E-state index in [9.17, 15) is 29.1 Å². The average molecular weight is 809 g/mol. The molecule has 2 fully saturated rings. The number of amides is 4. The third-order valence-corrected chi connectivity index (χ3v) is 12.4. The van der Waals surface area contributed by atoms with E-state index >= 15 is 0 Å². The summed E-state index contributed by atoms with van der Waals surface area (Å²) >= 11 is 1.46. The minimum Gasteiger partial charge on any atom is -0.508 e. The fourth-order valence-corrected chi connectivity index (χ4v) is 9.17. The average Bonchev–Trinajstić information content (AvgIpc) is 3.77. The standard InChI is InChI=1S/C45H40N6O7S/c1-2-41(54)49-21-29(22-49)42-47-37-12-9-28(33-19-30(52)17-27-5-3-4-6-32(27)33)18-34(37)44(56)50(42)16-15-46-20-26-7-10-31(11-8-26)58-24-39-35-23-51(45(57)36(35)25-59-39)38-13-14-40(53)48-43(38)55/h2-12,17-19,25,29,38,46,52H,1,13-16,20-24H2,(H,48,53,55). The molecule has 0 saturated carbocycles. The summed E-state index contributed by atoms with van der Waals surface area (Å²) in [5.74, 6) is 0.252. The summed E-state index contributed by atoms with van der Waals surface area (Å²) in [6.45, 7) is 6.47. The molecule has 9 rings (SSSR count). The molecule has 6 aromatic rings. The van der Waals surface area contributed by atoms with Gasteiger partial charge in [-0.1, -0.05) is 49.0 Å². The van der Waals surface area contributed by atoms with Gasteiger partial charge in [-0.05, 0) is 76.4 Å². The number of likely N-dealkylation sites (tertiary alicyclic amines) is 1. The van der Waals surface area contributed by atoms with Crippen molar-refractivity contribution in [2.75, 3.05) is 19.6 Å². The lowest BCUT2D eigenvalue weighted by Crippen LogP contribution is -2.52. The second kappa shape index (κ2) is 15.6. The van der Waals surface area contributed by atoms with Crippen LogP contribution >= 0.6 is 11.3 Å². The number of phenols is 1. The van der Waals surface area contributed by atoms with E-state index in [1.54, 1.807) is 26.5 Å². The fourth-order valence-electron chi connectivity index (χ4n) is 8.22. The van der Waals surface area contributed by atoms with Gasteiger partial charge >= 0.3 is 0 Å². The van der Waals surface area contributed by atoms with Gasteiger partial charge in [0.05, 0.1) is 22.4 Å². The number of fused-ring (bicyclic) bond motifs is 3. The highest BCUT2D eigenvalue weighted by Crippen LogP contribution is 2.36. The van der Waals surface area contributed by atoms with Crippen LogP contribution in [0.15, 0.2) is 102 Å². The number of piperidine rings is 1. The number of nitrogens with one attached hydrogen (secondary N) is 2. The summed E-state index contributed by atoms with van der Waals surface area (Å²) in [5.41, 5.74) is 4.48. The minimum atomic E-state index is -0.658. The predicted molar refractivity (Wildman–Crippen MR) is 223 cm³/mol. The number of phenolic OH excluding ortho intramolecular Hbond substituents is 1. The van der Waals surface area contributed by atoms with Crippen LogP contribution in [0.25, 0.3) is 32.8 Å². The van der Waals surface area contributed by atoms with E-state index in [0.717, 1.165) is 37.9 Å². The molecule has 3 aliphatic heterocycles. The van der Waals surface area contributed by atoms with Crippen molar-refractivity contribution in [1.29, 1.82) is 0 Å². The van der Waals surface area contributed by atoms with Crippen molar-refractivity contribution in [3.05, 3.63) is 135 Å². The van der Waals surface area contributed by atoms with Crippen molar-refractivity contribution in [3.8, 4) is 22.6 Å². The molecule has 0 bridgehead atoms. The molecule has 3 aliphatic rings. The molecule has 0 radical (unpaired) electrons. The van der Waals surface area contributed by atoms with E-state index in [0.29, 0.717) is 73.7 Å². The van der Waals surface area contributed by atoms with Crippen LogP contribution in [-0.2, 0) is 40.6 Å². The second-order valence-corrected chi connectivity index (χ2v) is 16.0. The molecule has 2 saturated heterocycles. The molecular weight excluding hydrogens is 769 g/mol. The summed E-state index contributed by atoms with van der Waals surface area (Å²) in [4.78, 5) is 72.8. The van der Waals surface area contributed by atoms with Crippen LogP contribution in [0.2, 0.25) is 0 Å². The number of ether oxygens (including phenoxy) is 1. The van der Waals surface area contributed by atoms with E-state index in [1.807, 2.05) is 72.1 Å². The third-order valence-electron chi connectivity index (χ3n) is 11.4. The molecule has 5 heterocycles. The van der Waals surface area contributed by atoms with Crippen molar-refractivity contribution in [2.45, 2.75) is 51.0 Å². The highest BCUT2D eigenvalue weighted by Gasteiger charge is 2.40. The van der Waals surface area contributed by atoms with Gasteiger partial charge in [-0.25, -0.2) is 4.98 Å². The summed E-state index contributed by atoms with van der Waals surface area (Å²) in [7, 11) is 0. The van der Waals surface area contributed by atoms with Gasteiger partial charge in [-0.3, -0.25) is 33.9 Å². The molecule has 0 spiro atoms. The molecule has 4 aromatic carbocycles. The Bertz CT molecular complexity index is 2750. The van der Waals surface area contributed by atoms with Crippen molar-refractivity contribution in [1.82, 2.24) is 30.0 Å². The van der Waals surface area contributed by atoms with Crippen LogP contribution in [-0.4, -0.2) is 73.8 Å². The van der Waals surface area contributed by atoms with Gasteiger partial charge in [-0.2, -0.15) is 0 Å². The largest absolute Gasteiger partial charge is 0.508 e. The van der Waals surface area contributed by atoms with Gasteiger partial charge in [0.15, 0.2) is 0 Å². The molecule has 13 nitrogen and oxygen atoms in total. The third kappa shape index (κ3) is 7.25. The van der Waals surface area contributed by atoms with Crippen LogP contribution in [0.4, 0.5) is 0 Å². The summed E-state index contributed by atoms with van der Waals surface area (Å²) in [5, 5.41) is 20.4. The lowest BCUT2D eigenvalue weighted by atomic mass is 9.96. The van der Waals surface area contributed by atoms with E-state index in [4.69, 9.17) is 9.72 Å². The Labute approximate surface area is 342 Å². The number of carbonyl (C=O) groups is 4. The van der Waals surface area contributed by atoms with Gasteiger partial charge in [0.1, 0.15) is 30.0 Å². The van der Waals surface area contributed by atoms with Crippen LogP contribution in [0.1, 0.15) is 50.9 Å². The van der Waals surface area contributed by atoms with Gasteiger partial charge in [-0.15, -0.1) is 11.3 Å². The zero-order valence-corrected chi connectivity index (χ0v) is 32.8. The number of hydrogen-bond donors (Lipinski definition) is 3. The molecule has 3 N–H and O–H groups in total. The summed E-state index contributed by atoms with van der Waals surface area (Å²) in [6, 6.07) is 23.9. The molecule has 0 aliphatic carbocycles. The SMILES string of the molecule is C=CC(=O)N1CC(c2nc3ccc(-c4cc(O)cc5ccccc45)cc3c(=O)n2CCNCc2ccc(OCc3scc4c3CN(C3CCC(=O)NC3=O)C4=O)cc2)C1. The predicted octanol–water partition coefficient (Wildman–Crippen LogP) is 5.23. The summed E-state index contributed by atoms with van der Waals surface area (Å²) in [6.07, 6.45) is 1.82. The Morgan fingerprint density at radius 3 is 2.61 bits per heavy atom. The maximum absolute atomic E-state index is 14.3. The molecule has 14 heteroatoms. The van der Waals surface area contributed by atoms with E-state index < -0.39 is 11.9 Å². The van der Waals surface area contributed by atoms with Crippen LogP contribution in [0.5, 0.6) is 11.5 Å². The first-order valence-corrected chi connectivity index (χ1v) is 20.4. The first-order chi connectivity index (χ1) is 28.6. The van der Waals surface area contributed by atoms with Crippen molar-refractivity contribution in [2.24, 2.45) is 0 Å². The molecular formula is C45H40N6O7S. The smallest absolute Gasteiger partial charge is 0.261 e.